The Morgan fingerprint density at radius 3 is 2.28 bits per heavy atom. The van der Waals surface area contributed by atoms with Gasteiger partial charge in [0.15, 0.2) is 0 Å². The second kappa shape index (κ2) is 8.60. The molecule has 0 bridgehead atoms. The summed E-state index contributed by atoms with van der Waals surface area (Å²) in [7, 11) is 0. The number of benzene rings is 2. The second-order valence-electron chi connectivity index (χ2n) is 5.59. The lowest BCUT2D eigenvalue weighted by molar-refractivity contribution is 0.300. The van der Waals surface area contributed by atoms with E-state index in [1.54, 1.807) is 24.5 Å². The quantitative estimate of drug-likeness (QED) is 0.663. The molecule has 0 atom stereocenters. The van der Waals surface area contributed by atoms with Gasteiger partial charge in [-0.25, -0.2) is 4.39 Å². The predicted octanol–water partition coefficient (Wildman–Crippen LogP) is 4.74. The number of ether oxygens (including phenoxy) is 1. The molecule has 0 aliphatic rings. The van der Waals surface area contributed by atoms with Crippen LogP contribution in [0.1, 0.15) is 16.7 Å². The number of nitrogens with one attached hydrogen (secondary N) is 1. The fraction of sp³-hybridized carbons (Fsp3) is 0.150. The minimum atomic E-state index is -0.357. The van der Waals surface area contributed by atoms with Crippen molar-refractivity contribution in [2.45, 2.75) is 19.7 Å². The van der Waals surface area contributed by atoms with Crippen LogP contribution in [0.4, 0.5) is 4.39 Å². The topological polar surface area (TPSA) is 34.1 Å². The Bertz CT molecular complexity index is 789. The summed E-state index contributed by atoms with van der Waals surface area (Å²) >= 11 is 6.00. The van der Waals surface area contributed by atoms with Crippen LogP contribution in [-0.2, 0) is 19.7 Å². The van der Waals surface area contributed by atoms with Gasteiger partial charge >= 0.3 is 0 Å². The van der Waals surface area contributed by atoms with Crippen molar-refractivity contribution >= 4 is 11.6 Å². The third-order valence-electron chi connectivity index (χ3n) is 3.78. The van der Waals surface area contributed by atoms with Crippen LogP contribution in [0.15, 0.2) is 67.0 Å². The van der Waals surface area contributed by atoms with Crippen LogP contribution in [-0.4, -0.2) is 4.98 Å². The van der Waals surface area contributed by atoms with Crippen molar-refractivity contribution in [2.75, 3.05) is 0 Å². The van der Waals surface area contributed by atoms with E-state index in [4.69, 9.17) is 16.3 Å². The van der Waals surface area contributed by atoms with Crippen LogP contribution < -0.4 is 10.1 Å². The summed E-state index contributed by atoms with van der Waals surface area (Å²) in [5, 5.41) is 3.75. The lowest BCUT2D eigenvalue weighted by atomic mass is 10.2. The minimum Gasteiger partial charge on any atom is -0.489 e. The largest absolute Gasteiger partial charge is 0.489 e. The highest BCUT2D eigenvalue weighted by molar-refractivity contribution is 6.31. The van der Waals surface area contributed by atoms with E-state index in [2.05, 4.69) is 10.3 Å². The first-order valence-corrected chi connectivity index (χ1v) is 8.34. The number of aromatic nitrogens is 1. The molecule has 0 fully saturated rings. The minimum absolute atomic E-state index is 0.102. The average molecular weight is 357 g/mol. The van der Waals surface area contributed by atoms with Crippen LogP contribution in [0.25, 0.3) is 0 Å². The van der Waals surface area contributed by atoms with Gasteiger partial charge in [-0.15, -0.1) is 0 Å². The molecule has 3 nitrogen and oxygen atoms in total. The number of rotatable bonds is 7. The normalized spacial score (nSPS) is 10.6. The molecule has 3 aromatic rings. The molecule has 0 saturated carbocycles. The van der Waals surface area contributed by atoms with Gasteiger partial charge in [0.05, 0.1) is 5.02 Å². The Kier molecular flexibility index (Phi) is 5.99. The maximum atomic E-state index is 13.7. The molecule has 0 unspecified atom stereocenters. The van der Waals surface area contributed by atoms with Crippen molar-refractivity contribution in [1.29, 1.82) is 0 Å². The van der Waals surface area contributed by atoms with Gasteiger partial charge in [0.25, 0.3) is 0 Å². The van der Waals surface area contributed by atoms with E-state index in [-0.39, 0.29) is 12.4 Å². The van der Waals surface area contributed by atoms with Gasteiger partial charge in [0, 0.05) is 31.0 Å². The molecule has 1 N–H and O–H groups in total. The lowest BCUT2D eigenvalue weighted by Crippen LogP contribution is -2.12. The lowest BCUT2D eigenvalue weighted by Gasteiger charge is -2.10. The molecule has 0 aliphatic carbocycles. The van der Waals surface area contributed by atoms with Crippen LogP contribution in [0, 0.1) is 5.82 Å². The summed E-state index contributed by atoms with van der Waals surface area (Å²) in [4.78, 5) is 4.00. The molecule has 0 spiro atoms. The van der Waals surface area contributed by atoms with Crippen molar-refractivity contribution in [3.05, 3.63) is 94.5 Å². The van der Waals surface area contributed by atoms with Crippen LogP contribution in [0.5, 0.6) is 5.75 Å². The monoisotopic (exact) mass is 356 g/mol. The SMILES string of the molecule is Fc1cccc(Cl)c1COc1ccc(CNCc2ccncc2)cc1. The van der Waals surface area contributed by atoms with Gasteiger partial charge in [-0.2, -0.15) is 0 Å². The molecule has 128 valence electrons. The summed E-state index contributed by atoms with van der Waals surface area (Å²) in [5.41, 5.74) is 2.70. The number of hydrogen-bond acceptors (Lipinski definition) is 3. The fourth-order valence-corrected chi connectivity index (χ4v) is 2.60. The van der Waals surface area contributed by atoms with Crippen molar-refractivity contribution in [1.82, 2.24) is 10.3 Å². The maximum Gasteiger partial charge on any atom is 0.131 e. The van der Waals surface area contributed by atoms with Gasteiger partial charge in [-0.3, -0.25) is 4.98 Å². The van der Waals surface area contributed by atoms with Crippen LogP contribution >= 0.6 is 11.6 Å². The number of halogens is 2. The van der Waals surface area contributed by atoms with Gasteiger partial charge in [0.1, 0.15) is 18.2 Å². The van der Waals surface area contributed by atoms with Gasteiger partial charge in [-0.1, -0.05) is 29.8 Å². The van der Waals surface area contributed by atoms with Crippen LogP contribution in [0.2, 0.25) is 5.02 Å². The van der Waals surface area contributed by atoms with Gasteiger partial charge in [0.2, 0.25) is 0 Å². The molecule has 1 heterocycles. The predicted molar refractivity (Wildman–Crippen MR) is 97.0 cm³/mol. The summed E-state index contributed by atoms with van der Waals surface area (Å²) < 4.78 is 19.4. The fourth-order valence-electron chi connectivity index (χ4n) is 2.38. The van der Waals surface area contributed by atoms with E-state index in [0.717, 1.165) is 18.7 Å². The molecule has 0 radical (unpaired) electrons. The van der Waals surface area contributed by atoms with Gasteiger partial charge in [-0.05, 0) is 47.5 Å². The highest BCUT2D eigenvalue weighted by Crippen LogP contribution is 2.21. The standard InChI is InChI=1S/C20H18ClFN2O/c21-19-2-1-3-20(22)18(19)14-25-17-6-4-15(5-7-17)12-24-13-16-8-10-23-11-9-16/h1-11,24H,12-14H2. The summed E-state index contributed by atoms with van der Waals surface area (Å²) in [6, 6.07) is 16.3. The molecule has 0 saturated heterocycles. The Hall–Kier alpha value is -2.43. The molecule has 5 heteroatoms. The van der Waals surface area contributed by atoms with E-state index >= 15 is 0 Å². The highest BCUT2D eigenvalue weighted by atomic mass is 35.5. The number of hydrogen-bond donors (Lipinski definition) is 1. The molecular formula is C20H18ClFN2O. The summed E-state index contributed by atoms with van der Waals surface area (Å²) in [6.07, 6.45) is 3.57. The average Bonchev–Trinajstić information content (AvgIpc) is 2.63. The highest BCUT2D eigenvalue weighted by Gasteiger charge is 2.07. The maximum absolute atomic E-state index is 13.7. The van der Waals surface area contributed by atoms with Gasteiger partial charge < -0.3 is 10.1 Å². The zero-order chi connectivity index (χ0) is 17.5. The summed E-state index contributed by atoms with van der Waals surface area (Å²) in [6.45, 7) is 1.64. The molecule has 25 heavy (non-hydrogen) atoms. The Morgan fingerprint density at radius 1 is 0.920 bits per heavy atom. The van der Waals surface area contributed by atoms with Crippen molar-refractivity contribution in [2.24, 2.45) is 0 Å². The first-order valence-electron chi connectivity index (χ1n) is 7.96. The molecule has 0 amide bonds. The zero-order valence-corrected chi connectivity index (χ0v) is 14.3. The number of pyridine rings is 1. The molecule has 3 rings (SSSR count). The Labute approximate surface area is 151 Å². The van der Waals surface area contributed by atoms with Crippen LogP contribution in [0.3, 0.4) is 0 Å². The van der Waals surface area contributed by atoms with E-state index in [1.807, 2.05) is 36.4 Å². The third kappa shape index (κ3) is 5.02. The third-order valence-corrected chi connectivity index (χ3v) is 4.13. The number of nitrogens with zero attached hydrogens (tertiary/aromatic N) is 1. The van der Waals surface area contributed by atoms with E-state index < -0.39 is 0 Å². The smallest absolute Gasteiger partial charge is 0.131 e. The zero-order valence-electron chi connectivity index (χ0n) is 13.6. The molecule has 0 aliphatic heterocycles. The first kappa shape index (κ1) is 17.4. The van der Waals surface area contributed by atoms with Crippen molar-refractivity contribution in [3.63, 3.8) is 0 Å². The molecular weight excluding hydrogens is 339 g/mol. The molecule has 1 aromatic heterocycles. The van der Waals surface area contributed by atoms with E-state index in [1.165, 1.54) is 11.6 Å². The van der Waals surface area contributed by atoms with Crippen molar-refractivity contribution < 1.29 is 9.13 Å². The van der Waals surface area contributed by atoms with E-state index in [0.29, 0.717) is 16.3 Å². The Balaban J connectivity index is 1.50. The van der Waals surface area contributed by atoms with Crippen molar-refractivity contribution in [3.8, 4) is 5.75 Å². The van der Waals surface area contributed by atoms with E-state index in [9.17, 15) is 4.39 Å². The molecule has 2 aromatic carbocycles. The summed E-state index contributed by atoms with van der Waals surface area (Å²) in [5.74, 6) is 0.321. The Morgan fingerprint density at radius 2 is 1.60 bits per heavy atom. The first-order chi connectivity index (χ1) is 12.2. The second-order valence-corrected chi connectivity index (χ2v) is 6.00.